The Bertz CT molecular complexity index is 587. The van der Waals surface area contributed by atoms with E-state index in [-0.39, 0.29) is 5.91 Å². The standard InChI is InChI=1S/C12H16ClN5O/c1-7(2)11-17-16-10(18(11)3)6-15-12(19)9-4-8(13)5-14-9/h4-5,7,14H,6H2,1-3H3,(H,15,19). The van der Waals surface area contributed by atoms with E-state index in [0.29, 0.717) is 23.2 Å². The van der Waals surface area contributed by atoms with Crippen molar-refractivity contribution in [3.63, 3.8) is 0 Å². The monoisotopic (exact) mass is 281 g/mol. The highest BCUT2D eigenvalue weighted by atomic mass is 35.5. The molecule has 0 atom stereocenters. The first kappa shape index (κ1) is 13.6. The Labute approximate surface area is 116 Å². The number of H-pyrrole nitrogens is 1. The molecule has 6 nitrogen and oxygen atoms in total. The molecule has 0 fully saturated rings. The summed E-state index contributed by atoms with van der Waals surface area (Å²) in [6, 6.07) is 1.58. The second-order valence-electron chi connectivity index (χ2n) is 4.60. The topological polar surface area (TPSA) is 75.6 Å². The number of aromatic amines is 1. The van der Waals surface area contributed by atoms with Crippen LogP contribution in [0.5, 0.6) is 0 Å². The second-order valence-corrected chi connectivity index (χ2v) is 5.04. The summed E-state index contributed by atoms with van der Waals surface area (Å²) in [7, 11) is 1.89. The molecule has 0 aromatic carbocycles. The summed E-state index contributed by atoms with van der Waals surface area (Å²) in [6.45, 7) is 4.42. The van der Waals surface area contributed by atoms with Gasteiger partial charge in [0.15, 0.2) is 5.82 Å². The average Bonchev–Trinajstić information content (AvgIpc) is 2.93. The zero-order valence-electron chi connectivity index (χ0n) is 11.1. The molecule has 0 saturated heterocycles. The fourth-order valence-electron chi connectivity index (χ4n) is 1.79. The highest BCUT2D eigenvalue weighted by Gasteiger charge is 2.13. The predicted octanol–water partition coefficient (Wildman–Crippen LogP) is 1.85. The normalized spacial score (nSPS) is 11.0. The van der Waals surface area contributed by atoms with E-state index in [4.69, 9.17) is 11.6 Å². The number of hydrogen-bond acceptors (Lipinski definition) is 3. The van der Waals surface area contributed by atoms with Crippen LogP contribution in [0.3, 0.4) is 0 Å². The SMILES string of the molecule is CC(C)c1nnc(CNC(=O)c2cc(Cl)c[nH]2)n1C. The van der Waals surface area contributed by atoms with E-state index in [1.54, 1.807) is 12.3 Å². The van der Waals surface area contributed by atoms with Crippen molar-refractivity contribution in [1.82, 2.24) is 25.1 Å². The summed E-state index contributed by atoms with van der Waals surface area (Å²) in [5, 5.41) is 11.4. The van der Waals surface area contributed by atoms with Gasteiger partial charge in [-0.15, -0.1) is 10.2 Å². The molecule has 0 spiro atoms. The molecular formula is C12H16ClN5O. The van der Waals surface area contributed by atoms with Crippen LogP contribution in [-0.4, -0.2) is 25.7 Å². The number of carbonyl (C=O) groups is 1. The predicted molar refractivity (Wildman–Crippen MR) is 72.1 cm³/mol. The summed E-state index contributed by atoms with van der Waals surface area (Å²) in [4.78, 5) is 14.6. The van der Waals surface area contributed by atoms with Gasteiger partial charge in [0.2, 0.25) is 0 Å². The van der Waals surface area contributed by atoms with E-state index in [1.165, 1.54) is 0 Å². The fraction of sp³-hybridized carbons (Fsp3) is 0.417. The Kier molecular flexibility index (Phi) is 3.90. The summed E-state index contributed by atoms with van der Waals surface area (Å²) in [5.74, 6) is 1.69. The van der Waals surface area contributed by atoms with Crippen molar-refractivity contribution in [2.24, 2.45) is 7.05 Å². The van der Waals surface area contributed by atoms with Gasteiger partial charge in [-0.1, -0.05) is 25.4 Å². The minimum absolute atomic E-state index is 0.221. The molecule has 0 unspecified atom stereocenters. The molecule has 2 aromatic heterocycles. The van der Waals surface area contributed by atoms with Crippen molar-refractivity contribution < 1.29 is 4.79 Å². The highest BCUT2D eigenvalue weighted by Crippen LogP contribution is 2.12. The summed E-state index contributed by atoms with van der Waals surface area (Å²) < 4.78 is 1.90. The van der Waals surface area contributed by atoms with Crippen molar-refractivity contribution in [3.8, 4) is 0 Å². The van der Waals surface area contributed by atoms with Gasteiger partial charge in [0.1, 0.15) is 11.5 Å². The third-order valence-corrected chi connectivity index (χ3v) is 3.03. The van der Waals surface area contributed by atoms with Crippen molar-refractivity contribution in [1.29, 1.82) is 0 Å². The molecule has 2 N–H and O–H groups in total. The van der Waals surface area contributed by atoms with Gasteiger partial charge < -0.3 is 14.9 Å². The maximum absolute atomic E-state index is 11.8. The van der Waals surface area contributed by atoms with Crippen LogP contribution < -0.4 is 5.32 Å². The molecule has 1 amide bonds. The molecule has 19 heavy (non-hydrogen) atoms. The summed E-state index contributed by atoms with van der Waals surface area (Å²) >= 11 is 5.75. The Morgan fingerprint density at radius 3 is 2.79 bits per heavy atom. The van der Waals surface area contributed by atoms with E-state index in [1.807, 2.05) is 25.5 Å². The van der Waals surface area contributed by atoms with Crippen LogP contribution in [0.1, 0.15) is 41.9 Å². The number of carbonyl (C=O) groups excluding carboxylic acids is 1. The van der Waals surface area contributed by atoms with E-state index in [0.717, 1.165) is 11.6 Å². The minimum atomic E-state index is -0.221. The molecular weight excluding hydrogens is 266 g/mol. The highest BCUT2D eigenvalue weighted by molar-refractivity contribution is 6.30. The Hall–Kier alpha value is -1.82. The van der Waals surface area contributed by atoms with Crippen LogP contribution in [0.2, 0.25) is 5.02 Å². The molecule has 7 heteroatoms. The molecule has 2 aromatic rings. The molecule has 0 bridgehead atoms. The van der Waals surface area contributed by atoms with Gasteiger partial charge in [0, 0.05) is 19.2 Å². The van der Waals surface area contributed by atoms with E-state index in [9.17, 15) is 4.79 Å². The van der Waals surface area contributed by atoms with Crippen LogP contribution >= 0.6 is 11.6 Å². The first-order valence-corrected chi connectivity index (χ1v) is 6.37. The van der Waals surface area contributed by atoms with E-state index >= 15 is 0 Å². The first-order valence-electron chi connectivity index (χ1n) is 5.99. The molecule has 0 saturated carbocycles. The lowest BCUT2D eigenvalue weighted by Gasteiger charge is -2.06. The third kappa shape index (κ3) is 2.96. The Morgan fingerprint density at radius 2 is 2.26 bits per heavy atom. The molecule has 0 radical (unpaired) electrons. The van der Waals surface area contributed by atoms with Crippen LogP contribution in [0.4, 0.5) is 0 Å². The van der Waals surface area contributed by atoms with Gasteiger partial charge in [-0.05, 0) is 6.07 Å². The Morgan fingerprint density at radius 1 is 1.53 bits per heavy atom. The second kappa shape index (κ2) is 5.44. The van der Waals surface area contributed by atoms with Gasteiger partial charge in [0.25, 0.3) is 5.91 Å². The van der Waals surface area contributed by atoms with Crippen LogP contribution in [0.25, 0.3) is 0 Å². The number of nitrogens with zero attached hydrogens (tertiary/aromatic N) is 3. The van der Waals surface area contributed by atoms with Gasteiger partial charge >= 0.3 is 0 Å². The summed E-state index contributed by atoms with van der Waals surface area (Å²) in [5.41, 5.74) is 0.427. The molecule has 102 valence electrons. The zero-order valence-corrected chi connectivity index (χ0v) is 11.8. The van der Waals surface area contributed by atoms with Crippen molar-refractivity contribution in [3.05, 3.63) is 34.6 Å². The molecule has 0 aliphatic heterocycles. The van der Waals surface area contributed by atoms with E-state index < -0.39 is 0 Å². The van der Waals surface area contributed by atoms with Crippen LogP contribution in [-0.2, 0) is 13.6 Å². The third-order valence-electron chi connectivity index (χ3n) is 2.81. The number of aromatic nitrogens is 4. The quantitative estimate of drug-likeness (QED) is 0.898. The van der Waals surface area contributed by atoms with Gasteiger partial charge in [-0.3, -0.25) is 4.79 Å². The number of hydrogen-bond donors (Lipinski definition) is 2. The molecule has 0 aliphatic rings. The van der Waals surface area contributed by atoms with Crippen LogP contribution in [0.15, 0.2) is 12.3 Å². The molecule has 2 heterocycles. The maximum atomic E-state index is 11.8. The lowest BCUT2D eigenvalue weighted by molar-refractivity contribution is 0.0945. The van der Waals surface area contributed by atoms with Crippen molar-refractivity contribution in [2.75, 3.05) is 0 Å². The van der Waals surface area contributed by atoms with Gasteiger partial charge in [-0.25, -0.2) is 0 Å². The molecule has 2 rings (SSSR count). The number of amides is 1. The fourth-order valence-corrected chi connectivity index (χ4v) is 1.95. The largest absolute Gasteiger partial charge is 0.356 e. The van der Waals surface area contributed by atoms with E-state index in [2.05, 4.69) is 20.5 Å². The number of halogens is 1. The maximum Gasteiger partial charge on any atom is 0.268 e. The average molecular weight is 282 g/mol. The lowest BCUT2D eigenvalue weighted by Crippen LogP contribution is -2.24. The van der Waals surface area contributed by atoms with Gasteiger partial charge in [-0.2, -0.15) is 0 Å². The van der Waals surface area contributed by atoms with Crippen LogP contribution in [0, 0.1) is 0 Å². The minimum Gasteiger partial charge on any atom is -0.356 e. The van der Waals surface area contributed by atoms with Gasteiger partial charge in [0.05, 0.1) is 11.6 Å². The van der Waals surface area contributed by atoms with Crippen molar-refractivity contribution >= 4 is 17.5 Å². The zero-order chi connectivity index (χ0) is 14.0. The smallest absolute Gasteiger partial charge is 0.268 e. The number of nitrogens with one attached hydrogen (secondary N) is 2. The summed E-state index contributed by atoms with van der Waals surface area (Å²) in [6.07, 6.45) is 1.57. The Balaban J connectivity index is 2.01. The molecule has 0 aliphatic carbocycles. The van der Waals surface area contributed by atoms with Crippen molar-refractivity contribution in [2.45, 2.75) is 26.3 Å². The number of rotatable bonds is 4. The first-order chi connectivity index (χ1) is 8.99. The lowest BCUT2D eigenvalue weighted by atomic mass is 10.2.